The molecular weight excluding hydrogens is 394 g/mol. The quantitative estimate of drug-likeness (QED) is 0.381. The SMILES string of the molecule is CCCCCCCCCCNC(C)(C)c1cncc(-c2ccc3c(c2)CCC(=O)N3C)c1. The standard InChI is InChI=1S/C28H41N3O/c1-5-6-7-8-9-10-11-12-17-30-28(2,3)25-19-24(20-29-21-25)22-13-15-26-23(18-22)14-16-27(32)31(26)4/h13,15,18-21,30H,5-12,14,16-17H2,1-4H3. The van der Waals surface area contributed by atoms with Crippen molar-refractivity contribution in [3.63, 3.8) is 0 Å². The van der Waals surface area contributed by atoms with E-state index in [-0.39, 0.29) is 11.4 Å². The van der Waals surface area contributed by atoms with Crippen LogP contribution in [0.4, 0.5) is 5.69 Å². The number of hydrogen-bond donors (Lipinski definition) is 1. The molecule has 1 aromatic heterocycles. The van der Waals surface area contributed by atoms with Crippen LogP contribution in [0.1, 0.15) is 89.7 Å². The Balaban J connectivity index is 1.56. The van der Waals surface area contributed by atoms with Crippen LogP contribution in [-0.2, 0) is 16.8 Å². The number of hydrogen-bond acceptors (Lipinski definition) is 3. The minimum Gasteiger partial charge on any atom is -0.315 e. The summed E-state index contributed by atoms with van der Waals surface area (Å²) in [5, 5.41) is 3.74. The second-order valence-electron chi connectivity index (χ2n) is 9.79. The fraction of sp³-hybridized carbons (Fsp3) is 0.571. The van der Waals surface area contributed by atoms with Gasteiger partial charge in [0.1, 0.15) is 0 Å². The van der Waals surface area contributed by atoms with Crippen molar-refractivity contribution in [3.8, 4) is 11.1 Å². The Morgan fingerprint density at radius 3 is 2.41 bits per heavy atom. The number of carbonyl (C=O) groups excluding carboxylic acids is 1. The largest absolute Gasteiger partial charge is 0.315 e. The number of nitrogens with one attached hydrogen (secondary N) is 1. The van der Waals surface area contributed by atoms with Gasteiger partial charge in [0.15, 0.2) is 0 Å². The first kappa shape index (κ1) is 24.4. The number of carbonyl (C=O) groups is 1. The highest BCUT2D eigenvalue weighted by Crippen LogP contribution is 2.32. The second-order valence-corrected chi connectivity index (χ2v) is 9.79. The molecule has 0 aliphatic carbocycles. The van der Waals surface area contributed by atoms with Crippen molar-refractivity contribution in [1.82, 2.24) is 10.3 Å². The fourth-order valence-electron chi connectivity index (χ4n) is 4.54. The van der Waals surface area contributed by atoms with Crippen LogP contribution in [0.5, 0.6) is 0 Å². The molecular formula is C28H41N3O. The monoisotopic (exact) mass is 435 g/mol. The molecule has 0 atom stereocenters. The fourth-order valence-corrected chi connectivity index (χ4v) is 4.54. The number of anilines is 1. The van der Waals surface area contributed by atoms with Crippen LogP contribution in [0.3, 0.4) is 0 Å². The van der Waals surface area contributed by atoms with Gasteiger partial charge < -0.3 is 10.2 Å². The third-order valence-electron chi connectivity index (χ3n) is 6.81. The maximum Gasteiger partial charge on any atom is 0.227 e. The van der Waals surface area contributed by atoms with Crippen molar-refractivity contribution in [2.75, 3.05) is 18.5 Å². The average Bonchev–Trinajstić information content (AvgIpc) is 2.80. The normalized spacial score (nSPS) is 14.0. The van der Waals surface area contributed by atoms with E-state index >= 15 is 0 Å². The zero-order valence-electron chi connectivity index (χ0n) is 20.5. The minimum atomic E-state index is -0.120. The molecule has 4 heteroatoms. The van der Waals surface area contributed by atoms with Crippen LogP contribution in [0.2, 0.25) is 0 Å². The van der Waals surface area contributed by atoms with Gasteiger partial charge in [0.2, 0.25) is 5.91 Å². The van der Waals surface area contributed by atoms with Gasteiger partial charge in [-0.1, -0.05) is 57.9 Å². The predicted molar refractivity (Wildman–Crippen MR) is 135 cm³/mol. The first-order valence-electron chi connectivity index (χ1n) is 12.5. The lowest BCUT2D eigenvalue weighted by Crippen LogP contribution is -2.37. The summed E-state index contributed by atoms with van der Waals surface area (Å²) in [6.45, 7) is 7.79. The zero-order valence-corrected chi connectivity index (χ0v) is 20.5. The third-order valence-corrected chi connectivity index (χ3v) is 6.81. The van der Waals surface area contributed by atoms with Crippen molar-refractivity contribution in [3.05, 3.63) is 47.8 Å². The van der Waals surface area contributed by atoms with Gasteiger partial charge in [0.05, 0.1) is 0 Å². The van der Waals surface area contributed by atoms with Gasteiger partial charge in [0.25, 0.3) is 0 Å². The summed E-state index contributed by atoms with van der Waals surface area (Å²) in [6.07, 6.45) is 16.1. The van der Waals surface area contributed by atoms with Crippen molar-refractivity contribution in [1.29, 1.82) is 0 Å². The maximum atomic E-state index is 12.0. The lowest BCUT2D eigenvalue weighted by Gasteiger charge is -2.28. The molecule has 0 saturated heterocycles. The predicted octanol–water partition coefficient (Wildman–Crippen LogP) is 6.62. The van der Waals surface area contributed by atoms with E-state index in [2.05, 4.69) is 55.3 Å². The molecule has 1 aliphatic rings. The Morgan fingerprint density at radius 1 is 0.938 bits per heavy atom. The van der Waals surface area contributed by atoms with Gasteiger partial charge in [-0.2, -0.15) is 0 Å². The van der Waals surface area contributed by atoms with Crippen LogP contribution in [-0.4, -0.2) is 24.5 Å². The lowest BCUT2D eigenvalue weighted by molar-refractivity contribution is -0.118. The molecule has 0 bridgehead atoms. The molecule has 1 amide bonds. The smallest absolute Gasteiger partial charge is 0.227 e. The number of fused-ring (bicyclic) bond motifs is 1. The van der Waals surface area contributed by atoms with Crippen molar-refractivity contribution in [2.45, 2.75) is 90.5 Å². The van der Waals surface area contributed by atoms with E-state index in [0.29, 0.717) is 6.42 Å². The van der Waals surface area contributed by atoms with E-state index < -0.39 is 0 Å². The molecule has 1 aromatic carbocycles. The molecule has 0 spiro atoms. The van der Waals surface area contributed by atoms with Crippen LogP contribution in [0.25, 0.3) is 11.1 Å². The summed E-state index contributed by atoms with van der Waals surface area (Å²) in [5.74, 6) is 0.193. The van der Waals surface area contributed by atoms with Gasteiger partial charge >= 0.3 is 0 Å². The number of benzene rings is 1. The zero-order chi connectivity index (χ0) is 23.0. The van der Waals surface area contributed by atoms with Gasteiger partial charge in [-0.15, -0.1) is 0 Å². The Bertz CT molecular complexity index is 890. The van der Waals surface area contributed by atoms with Gasteiger partial charge in [0, 0.05) is 42.7 Å². The van der Waals surface area contributed by atoms with Gasteiger partial charge in [-0.3, -0.25) is 9.78 Å². The lowest BCUT2D eigenvalue weighted by atomic mass is 9.92. The highest BCUT2D eigenvalue weighted by Gasteiger charge is 2.23. The van der Waals surface area contributed by atoms with Crippen molar-refractivity contribution >= 4 is 11.6 Å². The summed E-state index contributed by atoms with van der Waals surface area (Å²) in [6, 6.07) is 8.66. The van der Waals surface area contributed by atoms with Crippen LogP contribution in [0.15, 0.2) is 36.7 Å². The molecule has 174 valence electrons. The molecule has 2 heterocycles. The summed E-state index contributed by atoms with van der Waals surface area (Å²) in [5.41, 5.74) is 5.65. The van der Waals surface area contributed by atoms with Crippen molar-refractivity contribution < 1.29 is 4.79 Å². The average molecular weight is 436 g/mol. The maximum absolute atomic E-state index is 12.0. The minimum absolute atomic E-state index is 0.120. The molecule has 3 rings (SSSR count). The Morgan fingerprint density at radius 2 is 1.66 bits per heavy atom. The molecule has 0 radical (unpaired) electrons. The Hall–Kier alpha value is -2.20. The first-order valence-corrected chi connectivity index (χ1v) is 12.5. The number of amides is 1. The van der Waals surface area contributed by atoms with Gasteiger partial charge in [-0.25, -0.2) is 0 Å². The number of aromatic nitrogens is 1. The second kappa shape index (κ2) is 11.6. The first-order chi connectivity index (χ1) is 15.4. The molecule has 1 aliphatic heterocycles. The van der Waals surface area contributed by atoms with E-state index in [1.807, 2.05) is 19.4 Å². The number of aryl methyl sites for hydroxylation is 1. The molecule has 0 saturated carbocycles. The summed E-state index contributed by atoms with van der Waals surface area (Å²) in [7, 11) is 1.86. The van der Waals surface area contributed by atoms with Gasteiger partial charge in [-0.05, 0) is 68.1 Å². The van der Waals surface area contributed by atoms with E-state index in [1.54, 1.807) is 4.90 Å². The Kier molecular flexibility index (Phi) is 8.86. The van der Waals surface area contributed by atoms with Crippen molar-refractivity contribution in [2.24, 2.45) is 0 Å². The molecule has 32 heavy (non-hydrogen) atoms. The molecule has 4 nitrogen and oxygen atoms in total. The number of rotatable bonds is 12. The summed E-state index contributed by atoms with van der Waals surface area (Å²) >= 11 is 0. The van der Waals surface area contributed by atoms with E-state index in [4.69, 9.17) is 0 Å². The molecule has 2 aromatic rings. The topological polar surface area (TPSA) is 45.2 Å². The highest BCUT2D eigenvalue weighted by molar-refractivity contribution is 5.96. The third kappa shape index (κ3) is 6.41. The number of pyridine rings is 1. The summed E-state index contributed by atoms with van der Waals surface area (Å²) in [4.78, 5) is 18.3. The van der Waals surface area contributed by atoms with Crippen LogP contribution >= 0.6 is 0 Å². The number of unbranched alkanes of at least 4 members (excludes halogenated alkanes) is 7. The van der Waals surface area contributed by atoms with E-state index in [9.17, 15) is 4.79 Å². The van der Waals surface area contributed by atoms with E-state index in [1.165, 1.54) is 68.1 Å². The number of nitrogens with zero attached hydrogens (tertiary/aromatic N) is 2. The van der Waals surface area contributed by atoms with Crippen LogP contribution in [0, 0.1) is 0 Å². The highest BCUT2D eigenvalue weighted by atomic mass is 16.2. The molecule has 1 N–H and O–H groups in total. The summed E-state index contributed by atoms with van der Waals surface area (Å²) < 4.78 is 0. The Labute approximate surface area is 194 Å². The molecule has 0 unspecified atom stereocenters. The van der Waals surface area contributed by atoms with E-state index in [0.717, 1.165) is 24.2 Å². The van der Waals surface area contributed by atoms with Crippen LogP contribution < -0.4 is 10.2 Å². The molecule has 0 fully saturated rings.